The standard InChI is InChI=1S/C5H10N2O/c1-7(6-8)4-5-2-3-5/h5H,2-4H2,1H3. The first-order valence-electron chi connectivity index (χ1n) is 2.87. The molecule has 0 amide bonds. The van der Waals surface area contributed by atoms with Crippen LogP contribution in [0.5, 0.6) is 0 Å². The highest BCUT2D eigenvalue weighted by Gasteiger charge is 2.22. The second-order valence-electron chi connectivity index (χ2n) is 2.37. The molecule has 0 unspecified atom stereocenters. The lowest BCUT2D eigenvalue weighted by atomic mass is 10.4. The van der Waals surface area contributed by atoms with Gasteiger partial charge in [0.2, 0.25) is 0 Å². The highest BCUT2D eigenvalue weighted by molar-refractivity contribution is 4.74. The summed E-state index contributed by atoms with van der Waals surface area (Å²) < 4.78 is 0. The Balaban J connectivity index is 2.06. The molecule has 0 aliphatic heterocycles. The van der Waals surface area contributed by atoms with Crippen LogP contribution in [0.1, 0.15) is 12.8 Å². The van der Waals surface area contributed by atoms with Crippen molar-refractivity contribution >= 4 is 0 Å². The zero-order valence-electron chi connectivity index (χ0n) is 5.00. The maximum Gasteiger partial charge on any atom is 0.0521 e. The Kier molecular flexibility index (Phi) is 1.46. The van der Waals surface area contributed by atoms with E-state index in [9.17, 15) is 4.91 Å². The van der Waals surface area contributed by atoms with Crippen LogP contribution in [0.2, 0.25) is 0 Å². The molecule has 0 bridgehead atoms. The molecule has 1 aliphatic carbocycles. The minimum absolute atomic E-state index is 0.762. The van der Waals surface area contributed by atoms with Crippen molar-refractivity contribution in [1.82, 2.24) is 5.01 Å². The first-order valence-corrected chi connectivity index (χ1v) is 2.87. The van der Waals surface area contributed by atoms with Gasteiger partial charge in [-0.3, -0.25) is 5.01 Å². The maximum absolute atomic E-state index is 9.74. The summed E-state index contributed by atoms with van der Waals surface area (Å²) in [6.45, 7) is 0.851. The molecule has 1 aliphatic rings. The Morgan fingerprint density at radius 2 is 2.38 bits per heavy atom. The normalized spacial score (nSPS) is 18.1. The maximum atomic E-state index is 9.74. The summed E-state index contributed by atoms with van der Waals surface area (Å²) in [5, 5.41) is 4.21. The van der Waals surface area contributed by atoms with E-state index in [2.05, 4.69) is 5.29 Å². The molecular formula is C5H10N2O. The summed E-state index contributed by atoms with van der Waals surface area (Å²) >= 11 is 0. The third kappa shape index (κ3) is 1.48. The number of hydrogen-bond acceptors (Lipinski definition) is 2. The molecule has 1 fully saturated rings. The molecule has 0 atom stereocenters. The van der Waals surface area contributed by atoms with E-state index < -0.39 is 0 Å². The van der Waals surface area contributed by atoms with E-state index >= 15 is 0 Å². The van der Waals surface area contributed by atoms with E-state index in [-0.39, 0.29) is 0 Å². The minimum atomic E-state index is 0.762. The fourth-order valence-corrected chi connectivity index (χ4v) is 0.707. The molecule has 0 spiro atoms. The lowest BCUT2D eigenvalue weighted by Gasteiger charge is -2.04. The average molecular weight is 114 g/mol. The Labute approximate surface area is 48.6 Å². The third-order valence-corrected chi connectivity index (χ3v) is 1.36. The summed E-state index contributed by atoms with van der Waals surface area (Å²) in [5.74, 6) is 0.762. The third-order valence-electron chi connectivity index (χ3n) is 1.36. The van der Waals surface area contributed by atoms with Crippen molar-refractivity contribution in [2.75, 3.05) is 13.6 Å². The number of nitroso groups, excluding NO2 is 1. The van der Waals surface area contributed by atoms with Crippen molar-refractivity contribution in [3.8, 4) is 0 Å². The van der Waals surface area contributed by atoms with Gasteiger partial charge >= 0.3 is 0 Å². The molecule has 0 radical (unpaired) electrons. The predicted octanol–water partition coefficient (Wildman–Crippen LogP) is 1.01. The van der Waals surface area contributed by atoms with Gasteiger partial charge in [0.1, 0.15) is 0 Å². The molecule has 0 aromatic carbocycles. The second kappa shape index (κ2) is 2.11. The molecule has 3 nitrogen and oxygen atoms in total. The quantitative estimate of drug-likeness (QED) is 0.405. The molecule has 1 rings (SSSR count). The first-order chi connectivity index (χ1) is 3.83. The van der Waals surface area contributed by atoms with Crippen LogP contribution < -0.4 is 0 Å². The zero-order chi connectivity index (χ0) is 5.98. The summed E-state index contributed by atoms with van der Waals surface area (Å²) in [4.78, 5) is 9.74. The van der Waals surface area contributed by atoms with Gasteiger partial charge in [0.25, 0.3) is 0 Å². The molecule has 0 saturated heterocycles. The molecule has 3 heteroatoms. The fraction of sp³-hybridized carbons (Fsp3) is 1.00. The van der Waals surface area contributed by atoms with Crippen LogP contribution in [0.25, 0.3) is 0 Å². The highest BCUT2D eigenvalue weighted by Crippen LogP contribution is 2.29. The molecule has 8 heavy (non-hydrogen) atoms. The van der Waals surface area contributed by atoms with Crippen LogP contribution in [0.15, 0.2) is 5.29 Å². The van der Waals surface area contributed by atoms with Gasteiger partial charge in [0.15, 0.2) is 0 Å². The molecule has 0 aromatic heterocycles. The van der Waals surface area contributed by atoms with E-state index in [1.54, 1.807) is 7.05 Å². The Morgan fingerprint density at radius 1 is 1.75 bits per heavy atom. The monoisotopic (exact) mass is 114 g/mol. The van der Waals surface area contributed by atoms with Crippen molar-refractivity contribution in [3.05, 3.63) is 4.91 Å². The van der Waals surface area contributed by atoms with Crippen molar-refractivity contribution in [3.63, 3.8) is 0 Å². The lowest BCUT2D eigenvalue weighted by Crippen LogP contribution is -2.12. The van der Waals surface area contributed by atoms with Crippen molar-refractivity contribution < 1.29 is 0 Å². The van der Waals surface area contributed by atoms with Gasteiger partial charge in [-0.15, -0.1) is 4.91 Å². The topological polar surface area (TPSA) is 32.7 Å². The average Bonchev–Trinajstić information content (AvgIpc) is 2.50. The van der Waals surface area contributed by atoms with E-state index in [1.807, 2.05) is 0 Å². The van der Waals surface area contributed by atoms with Gasteiger partial charge in [-0.05, 0) is 18.8 Å². The van der Waals surface area contributed by atoms with Crippen LogP contribution in [0.4, 0.5) is 0 Å². The summed E-state index contributed by atoms with van der Waals surface area (Å²) in [6.07, 6.45) is 2.56. The molecular weight excluding hydrogens is 104 g/mol. The summed E-state index contributed by atoms with van der Waals surface area (Å²) in [6, 6.07) is 0. The number of hydrogen-bond donors (Lipinski definition) is 0. The first kappa shape index (κ1) is 5.54. The van der Waals surface area contributed by atoms with Gasteiger partial charge in [0, 0.05) is 13.6 Å². The van der Waals surface area contributed by atoms with Gasteiger partial charge in [-0.2, -0.15) is 0 Å². The van der Waals surface area contributed by atoms with Crippen molar-refractivity contribution in [2.45, 2.75) is 12.8 Å². The second-order valence-corrected chi connectivity index (χ2v) is 2.37. The SMILES string of the molecule is CN(CC1CC1)N=O. The van der Waals surface area contributed by atoms with E-state index in [1.165, 1.54) is 17.9 Å². The van der Waals surface area contributed by atoms with Crippen LogP contribution in [-0.2, 0) is 0 Å². The molecule has 0 N–H and O–H groups in total. The van der Waals surface area contributed by atoms with Crippen molar-refractivity contribution in [2.24, 2.45) is 11.2 Å². The van der Waals surface area contributed by atoms with E-state index in [4.69, 9.17) is 0 Å². The molecule has 0 heterocycles. The van der Waals surface area contributed by atoms with Gasteiger partial charge in [-0.1, -0.05) is 0 Å². The minimum Gasteiger partial charge on any atom is -0.264 e. The Hall–Kier alpha value is -0.600. The van der Waals surface area contributed by atoms with Gasteiger partial charge < -0.3 is 0 Å². The Bertz CT molecular complexity index is 90.4. The van der Waals surface area contributed by atoms with Crippen LogP contribution in [0, 0.1) is 10.8 Å². The zero-order valence-corrected chi connectivity index (χ0v) is 5.00. The highest BCUT2D eigenvalue weighted by atomic mass is 16.3. The van der Waals surface area contributed by atoms with Crippen LogP contribution in [-0.4, -0.2) is 18.6 Å². The van der Waals surface area contributed by atoms with Crippen molar-refractivity contribution in [1.29, 1.82) is 0 Å². The summed E-state index contributed by atoms with van der Waals surface area (Å²) in [7, 11) is 1.71. The number of nitrogens with zero attached hydrogens (tertiary/aromatic N) is 2. The fourth-order valence-electron chi connectivity index (χ4n) is 0.707. The molecule has 0 aromatic rings. The van der Waals surface area contributed by atoms with Crippen LogP contribution >= 0.6 is 0 Å². The largest absolute Gasteiger partial charge is 0.264 e. The molecule has 1 saturated carbocycles. The van der Waals surface area contributed by atoms with Gasteiger partial charge in [-0.25, -0.2) is 0 Å². The van der Waals surface area contributed by atoms with E-state index in [0.29, 0.717) is 0 Å². The van der Waals surface area contributed by atoms with Crippen LogP contribution in [0.3, 0.4) is 0 Å². The van der Waals surface area contributed by atoms with Gasteiger partial charge in [0.05, 0.1) is 5.29 Å². The number of rotatable bonds is 3. The Morgan fingerprint density at radius 3 is 2.75 bits per heavy atom. The molecule has 46 valence electrons. The van der Waals surface area contributed by atoms with E-state index in [0.717, 1.165) is 12.5 Å². The predicted molar refractivity (Wildman–Crippen MR) is 31.1 cm³/mol. The smallest absolute Gasteiger partial charge is 0.0521 e. The lowest BCUT2D eigenvalue weighted by molar-refractivity contribution is 0.334. The summed E-state index contributed by atoms with van der Waals surface area (Å²) in [5.41, 5.74) is 0.